The summed E-state index contributed by atoms with van der Waals surface area (Å²) in [5.74, 6) is 0. The summed E-state index contributed by atoms with van der Waals surface area (Å²) in [6, 6.07) is 0. The first-order valence-electron chi connectivity index (χ1n) is 5.48. The topological polar surface area (TPSA) is 111 Å². The Morgan fingerprint density at radius 3 is 2.47 bits per heavy atom. The smallest absolute Gasteiger partial charge is 0.421 e. The number of amides is 1. The number of methoxy groups -OCH3 is 1. The van der Waals surface area contributed by atoms with Gasteiger partial charge in [-0.15, -0.1) is 0 Å². The maximum absolute atomic E-state index is 11.5. The fraction of sp³-hybridized carbons (Fsp3) is 0.889. The second-order valence-corrected chi connectivity index (χ2v) is 5.83. The Morgan fingerprint density at radius 1 is 1.41 bits per heavy atom. The molecule has 0 aromatic heterocycles. The van der Waals surface area contributed by atoms with E-state index in [9.17, 15) is 13.2 Å². The van der Waals surface area contributed by atoms with E-state index < -0.39 is 16.3 Å². The van der Waals surface area contributed by atoms with E-state index in [2.05, 4.69) is 9.46 Å². The highest BCUT2D eigenvalue weighted by atomic mass is 32.2. The van der Waals surface area contributed by atoms with Gasteiger partial charge in [0, 0.05) is 6.54 Å². The predicted octanol–water partition coefficient (Wildman–Crippen LogP) is -0.304. The van der Waals surface area contributed by atoms with Gasteiger partial charge in [0.2, 0.25) is 0 Å². The van der Waals surface area contributed by atoms with Crippen LogP contribution < -0.4 is 15.2 Å². The highest BCUT2D eigenvalue weighted by Gasteiger charge is 2.33. The van der Waals surface area contributed by atoms with Crippen molar-refractivity contribution in [1.82, 2.24) is 9.44 Å². The van der Waals surface area contributed by atoms with E-state index in [-0.39, 0.29) is 12.0 Å². The van der Waals surface area contributed by atoms with Crippen molar-refractivity contribution in [1.29, 1.82) is 0 Å². The average molecular weight is 265 g/mol. The summed E-state index contributed by atoms with van der Waals surface area (Å²) in [6.07, 6.45) is 2.92. The lowest BCUT2D eigenvalue weighted by molar-refractivity contribution is 0.177. The minimum atomic E-state index is -3.86. The molecule has 0 heterocycles. The number of rotatable bonds is 5. The molecular weight excluding hydrogens is 246 g/mol. The molecule has 0 bridgehead atoms. The number of ether oxygens (including phenoxy) is 1. The second-order valence-electron chi connectivity index (χ2n) is 4.33. The minimum absolute atomic E-state index is 0.176. The SMILES string of the molecule is COC(=O)NS(=O)(=O)NCC1(CN)CCCC1. The molecule has 0 aromatic carbocycles. The van der Waals surface area contributed by atoms with Crippen molar-refractivity contribution in [3.63, 3.8) is 0 Å². The number of nitrogens with one attached hydrogen (secondary N) is 2. The van der Waals surface area contributed by atoms with Crippen molar-refractivity contribution in [2.24, 2.45) is 11.1 Å². The molecule has 0 saturated heterocycles. The van der Waals surface area contributed by atoms with Gasteiger partial charge >= 0.3 is 16.3 Å². The number of hydrogen-bond acceptors (Lipinski definition) is 5. The van der Waals surface area contributed by atoms with E-state index in [1.807, 2.05) is 0 Å². The van der Waals surface area contributed by atoms with E-state index >= 15 is 0 Å². The van der Waals surface area contributed by atoms with E-state index in [4.69, 9.17) is 5.73 Å². The van der Waals surface area contributed by atoms with Crippen LogP contribution in [0.5, 0.6) is 0 Å². The lowest BCUT2D eigenvalue weighted by Gasteiger charge is -2.27. The maximum Gasteiger partial charge on any atom is 0.421 e. The van der Waals surface area contributed by atoms with Crippen molar-refractivity contribution < 1.29 is 17.9 Å². The minimum Gasteiger partial charge on any atom is -0.452 e. The highest BCUT2D eigenvalue weighted by Crippen LogP contribution is 2.36. The van der Waals surface area contributed by atoms with E-state index in [1.165, 1.54) is 0 Å². The molecular formula is C9H19N3O4S. The first kappa shape index (κ1) is 14.2. The molecule has 7 nitrogen and oxygen atoms in total. The number of nitrogens with two attached hydrogens (primary N) is 1. The van der Waals surface area contributed by atoms with Crippen LogP contribution in [-0.4, -0.2) is 34.7 Å². The Morgan fingerprint density at radius 2 is 2.00 bits per heavy atom. The molecule has 8 heteroatoms. The van der Waals surface area contributed by atoms with Crippen LogP contribution in [0, 0.1) is 5.41 Å². The molecule has 1 saturated carbocycles. The zero-order valence-electron chi connectivity index (χ0n) is 9.86. The molecule has 4 N–H and O–H groups in total. The molecule has 1 aliphatic rings. The van der Waals surface area contributed by atoms with Crippen molar-refractivity contribution in [3.8, 4) is 0 Å². The first-order chi connectivity index (χ1) is 7.93. The first-order valence-corrected chi connectivity index (χ1v) is 6.97. The van der Waals surface area contributed by atoms with Crippen LogP contribution in [0.2, 0.25) is 0 Å². The summed E-state index contributed by atoms with van der Waals surface area (Å²) in [5.41, 5.74) is 5.50. The fourth-order valence-corrected chi connectivity index (χ4v) is 2.88. The zero-order chi connectivity index (χ0) is 12.9. The van der Waals surface area contributed by atoms with E-state index in [1.54, 1.807) is 4.72 Å². The summed E-state index contributed by atoms with van der Waals surface area (Å²) >= 11 is 0. The lowest BCUT2D eigenvalue weighted by atomic mass is 9.87. The molecule has 1 aliphatic carbocycles. The zero-order valence-corrected chi connectivity index (χ0v) is 10.7. The molecule has 1 fully saturated rings. The molecule has 0 unspecified atom stereocenters. The van der Waals surface area contributed by atoms with Crippen LogP contribution in [0.25, 0.3) is 0 Å². The average Bonchev–Trinajstić information content (AvgIpc) is 2.75. The van der Waals surface area contributed by atoms with Gasteiger partial charge in [0.1, 0.15) is 0 Å². The summed E-state index contributed by atoms with van der Waals surface area (Å²) < 4.78 is 31.2. The molecule has 0 atom stereocenters. The number of hydrogen-bond donors (Lipinski definition) is 3. The Hall–Kier alpha value is -0.860. The molecule has 100 valence electrons. The van der Waals surface area contributed by atoms with Gasteiger partial charge in [0.15, 0.2) is 0 Å². The largest absolute Gasteiger partial charge is 0.452 e. The van der Waals surface area contributed by atoms with Crippen molar-refractivity contribution in [2.75, 3.05) is 20.2 Å². The number of carbonyl (C=O) groups excluding carboxylic acids is 1. The highest BCUT2D eigenvalue weighted by molar-refractivity contribution is 7.88. The van der Waals surface area contributed by atoms with Crippen LogP contribution in [0.1, 0.15) is 25.7 Å². The Balaban J connectivity index is 2.51. The molecule has 0 radical (unpaired) electrons. The normalized spacial score (nSPS) is 18.9. The van der Waals surface area contributed by atoms with E-state index in [0.29, 0.717) is 6.54 Å². The molecule has 0 aliphatic heterocycles. The Labute approximate surface area is 101 Å². The van der Waals surface area contributed by atoms with Gasteiger partial charge in [-0.25, -0.2) is 9.52 Å². The lowest BCUT2D eigenvalue weighted by Crippen LogP contribution is -2.46. The van der Waals surface area contributed by atoms with Gasteiger partial charge in [-0.2, -0.15) is 13.1 Å². The van der Waals surface area contributed by atoms with Gasteiger partial charge in [-0.1, -0.05) is 12.8 Å². The summed E-state index contributed by atoms with van der Waals surface area (Å²) in [5, 5.41) is 0. The molecule has 0 spiro atoms. The molecule has 1 amide bonds. The molecule has 0 aromatic rings. The third-order valence-corrected chi connectivity index (χ3v) is 4.10. The van der Waals surface area contributed by atoms with Crippen LogP contribution in [-0.2, 0) is 14.9 Å². The van der Waals surface area contributed by atoms with Gasteiger partial charge < -0.3 is 10.5 Å². The third kappa shape index (κ3) is 4.14. The van der Waals surface area contributed by atoms with Gasteiger partial charge in [-0.3, -0.25) is 0 Å². The second kappa shape index (κ2) is 5.65. The Kier molecular flexibility index (Phi) is 4.72. The van der Waals surface area contributed by atoms with Gasteiger partial charge in [0.05, 0.1) is 7.11 Å². The molecule has 1 rings (SSSR count). The molecule has 17 heavy (non-hydrogen) atoms. The predicted molar refractivity (Wildman–Crippen MR) is 62.4 cm³/mol. The standard InChI is InChI=1S/C9H19N3O4S/c1-16-8(13)12-17(14,15)11-7-9(6-10)4-2-3-5-9/h11H,2-7,10H2,1H3,(H,12,13). The van der Waals surface area contributed by atoms with E-state index in [0.717, 1.165) is 32.8 Å². The Bertz CT molecular complexity index is 362. The maximum atomic E-state index is 11.5. The van der Waals surface area contributed by atoms with Crippen LogP contribution >= 0.6 is 0 Å². The van der Waals surface area contributed by atoms with Gasteiger partial charge in [0.25, 0.3) is 0 Å². The summed E-state index contributed by atoms with van der Waals surface area (Å²) in [6.45, 7) is 0.684. The van der Waals surface area contributed by atoms with Gasteiger partial charge in [-0.05, 0) is 24.8 Å². The van der Waals surface area contributed by atoms with Crippen LogP contribution in [0.3, 0.4) is 0 Å². The van der Waals surface area contributed by atoms with Crippen molar-refractivity contribution >= 4 is 16.3 Å². The summed E-state index contributed by atoms with van der Waals surface area (Å²) in [7, 11) is -2.76. The van der Waals surface area contributed by atoms with Crippen molar-refractivity contribution in [2.45, 2.75) is 25.7 Å². The van der Waals surface area contributed by atoms with Crippen LogP contribution in [0.15, 0.2) is 0 Å². The number of carbonyl (C=O) groups is 1. The quantitative estimate of drug-likeness (QED) is 0.632. The van der Waals surface area contributed by atoms with Crippen LogP contribution in [0.4, 0.5) is 4.79 Å². The van der Waals surface area contributed by atoms with Crippen molar-refractivity contribution in [3.05, 3.63) is 0 Å². The monoisotopic (exact) mass is 265 g/mol. The summed E-state index contributed by atoms with van der Waals surface area (Å²) in [4.78, 5) is 10.8. The fourth-order valence-electron chi connectivity index (χ4n) is 2.01. The third-order valence-electron chi connectivity index (χ3n) is 3.14.